The van der Waals surface area contributed by atoms with Gasteiger partial charge >= 0.3 is 0 Å². The lowest BCUT2D eigenvalue weighted by molar-refractivity contribution is 1.23. The lowest BCUT2D eigenvalue weighted by Gasteiger charge is -2.12. The van der Waals surface area contributed by atoms with Crippen LogP contribution in [-0.2, 0) is 6.42 Å². The predicted octanol–water partition coefficient (Wildman–Crippen LogP) is 4.91. The maximum Gasteiger partial charge on any atom is -0.000730 e. The van der Waals surface area contributed by atoms with Crippen LogP contribution < -0.4 is 0 Å². The molecule has 0 saturated carbocycles. The SMILES string of the molecule is Cc1ccc(C2=CC=CC2)c2c1-c1ccccc1C2. The van der Waals surface area contributed by atoms with Crippen LogP contribution in [0.2, 0.25) is 0 Å². The van der Waals surface area contributed by atoms with Gasteiger partial charge in [0.05, 0.1) is 0 Å². The van der Waals surface area contributed by atoms with Crippen LogP contribution in [-0.4, -0.2) is 0 Å². The van der Waals surface area contributed by atoms with Crippen molar-refractivity contribution >= 4 is 5.57 Å². The number of benzene rings is 2. The van der Waals surface area contributed by atoms with Crippen LogP contribution in [0.15, 0.2) is 54.6 Å². The van der Waals surface area contributed by atoms with Crippen molar-refractivity contribution in [2.75, 3.05) is 0 Å². The van der Waals surface area contributed by atoms with Gasteiger partial charge in [0.25, 0.3) is 0 Å². The molecule has 2 aliphatic rings. The smallest absolute Gasteiger partial charge is 0.000730 e. The number of hydrogen-bond donors (Lipinski definition) is 0. The van der Waals surface area contributed by atoms with Crippen molar-refractivity contribution in [2.45, 2.75) is 19.8 Å². The van der Waals surface area contributed by atoms with Gasteiger partial charge in [0.1, 0.15) is 0 Å². The van der Waals surface area contributed by atoms with Gasteiger partial charge in [0.15, 0.2) is 0 Å². The monoisotopic (exact) mass is 244 g/mol. The fourth-order valence-corrected chi connectivity index (χ4v) is 3.38. The highest BCUT2D eigenvalue weighted by molar-refractivity contribution is 5.86. The molecule has 0 amide bonds. The van der Waals surface area contributed by atoms with E-state index in [4.69, 9.17) is 0 Å². The van der Waals surface area contributed by atoms with E-state index in [0.717, 1.165) is 12.8 Å². The predicted molar refractivity (Wildman–Crippen MR) is 81.2 cm³/mol. The number of hydrogen-bond acceptors (Lipinski definition) is 0. The van der Waals surface area contributed by atoms with Crippen molar-refractivity contribution in [1.82, 2.24) is 0 Å². The maximum absolute atomic E-state index is 2.30. The summed E-state index contributed by atoms with van der Waals surface area (Å²) in [6, 6.07) is 13.4. The first-order valence-corrected chi connectivity index (χ1v) is 6.91. The fraction of sp³-hybridized carbons (Fsp3) is 0.158. The van der Waals surface area contributed by atoms with E-state index in [-0.39, 0.29) is 0 Å². The summed E-state index contributed by atoms with van der Waals surface area (Å²) in [4.78, 5) is 0. The molecule has 0 radical (unpaired) electrons. The molecule has 0 unspecified atom stereocenters. The molecule has 0 atom stereocenters. The maximum atomic E-state index is 2.30. The fourth-order valence-electron chi connectivity index (χ4n) is 3.38. The van der Waals surface area contributed by atoms with Crippen molar-refractivity contribution in [2.24, 2.45) is 0 Å². The summed E-state index contributed by atoms with van der Waals surface area (Å²) < 4.78 is 0. The minimum absolute atomic E-state index is 1.08. The zero-order chi connectivity index (χ0) is 12.8. The normalized spacial score (nSPS) is 15.3. The van der Waals surface area contributed by atoms with E-state index in [0.29, 0.717) is 0 Å². The van der Waals surface area contributed by atoms with E-state index in [9.17, 15) is 0 Å². The molecule has 2 aromatic rings. The molecule has 0 bridgehead atoms. The van der Waals surface area contributed by atoms with Gasteiger partial charge < -0.3 is 0 Å². The summed E-state index contributed by atoms with van der Waals surface area (Å²) in [6.07, 6.45) is 8.83. The first-order chi connectivity index (χ1) is 9.34. The minimum atomic E-state index is 1.08. The average Bonchev–Trinajstić information content (AvgIpc) is 3.06. The van der Waals surface area contributed by atoms with E-state index in [1.54, 1.807) is 0 Å². The first kappa shape index (κ1) is 10.8. The van der Waals surface area contributed by atoms with Gasteiger partial charge in [0.2, 0.25) is 0 Å². The summed E-state index contributed by atoms with van der Waals surface area (Å²) in [5, 5.41) is 0. The van der Waals surface area contributed by atoms with Crippen molar-refractivity contribution in [3.8, 4) is 11.1 Å². The average molecular weight is 244 g/mol. The van der Waals surface area contributed by atoms with E-state index in [2.05, 4.69) is 61.5 Å². The number of allylic oxidation sites excluding steroid dienone is 4. The second-order valence-corrected chi connectivity index (χ2v) is 5.44. The second kappa shape index (κ2) is 3.96. The molecule has 19 heavy (non-hydrogen) atoms. The Bertz CT molecular complexity index is 730. The molecule has 0 aliphatic heterocycles. The highest BCUT2D eigenvalue weighted by atomic mass is 14.3. The molecule has 0 fully saturated rings. The van der Waals surface area contributed by atoms with E-state index < -0.39 is 0 Å². The minimum Gasteiger partial charge on any atom is -0.0801 e. The zero-order valence-electron chi connectivity index (χ0n) is 11.1. The van der Waals surface area contributed by atoms with E-state index in [1.807, 2.05) is 0 Å². The third kappa shape index (κ3) is 1.53. The van der Waals surface area contributed by atoms with Crippen LogP contribution in [0.4, 0.5) is 0 Å². The highest BCUT2D eigenvalue weighted by Crippen LogP contribution is 2.43. The molecule has 0 heteroatoms. The van der Waals surface area contributed by atoms with Gasteiger partial charge in [-0.05, 0) is 58.7 Å². The lowest BCUT2D eigenvalue weighted by atomic mass is 9.92. The van der Waals surface area contributed by atoms with Gasteiger partial charge in [-0.15, -0.1) is 0 Å². The summed E-state index contributed by atoms with van der Waals surface area (Å²) in [7, 11) is 0. The van der Waals surface area contributed by atoms with E-state index in [1.165, 1.54) is 39.0 Å². The molecular formula is C19H16. The molecular weight excluding hydrogens is 228 g/mol. The molecule has 0 heterocycles. The summed E-state index contributed by atoms with van der Waals surface area (Å²) >= 11 is 0. The molecule has 92 valence electrons. The van der Waals surface area contributed by atoms with E-state index >= 15 is 0 Å². The van der Waals surface area contributed by atoms with Gasteiger partial charge in [-0.25, -0.2) is 0 Å². The van der Waals surface area contributed by atoms with Crippen LogP contribution in [0.5, 0.6) is 0 Å². The van der Waals surface area contributed by atoms with Crippen LogP contribution in [0, 0.1) is 6.92 Å². The Hall–Kier alpha value is -2.08. The largest absolute Gasteiger partial charge is 0.0801 e. The molecule has 0 nitrogen and oxygen atoms in total. The molecule has 0 N–H and O–H groups in total. The second-order valence-electron chi connectivity index (χ2n) is 5.44. The number of fused-ring (bicyclic) bond motifs is 3. The standard InChI is InChI=1S/C19H16/c1-13-10-11-16(14-6-2-3-7-14)18-12-15-8-4-5-9-17(15)19(13)18/h2-6,8-11H,7,12H2,1H3. The topological polar surface area (TPSA) is 0 Å². The molecule has 0 spiro atoms. The summed E-state index contributed by atoms with van der Waals surface area (Å²) in [5.74, 6) is 0. The Morgan fingerprint density at radius 3 is 2.68 bits per heavy atom. The third-order valence-electron chi connectivity index (χ3n) is 4.29. The van der Waals surface area contributed by atoms with Crippen LogP contribution in [0.25, 0.3) is 16.7 Å². The van der Waals surface area contributed by atoms with Gasteiger partial charge in [0, 0.05) is 0 Å². The third-order valence-corrected chi connectivity index (χ3v) is 4.29. The Balaban J connectivity index is 1.96. The molecule has 2 aromatic carbocycles. The van der Waals surface area contributed by atoms with Gasteiger partial charge in [-0.1, -0.05) is 54.6 Å². The quantitative estimate of drug-likeness (QED) is 0.570. The van der Waals surface area contributed by atoms with Crippen LogP contribution in [0.1, 0.15) is 28.7 Å². The summed E-state index contributed by atoms with van der Waals surface area (Å²) in [5.41, 5.74) is 10.2. The van der Waals surface area contributed by atoms with Crippen LogP contribution >= 0.6 is 0 Å². The van der Waals surface area contributed by atoms with Crippen molar-refractivity contribution in [1.29, 1.82) is 0 Å². The zero-order valence-corrected chi connectivity index (χ0v) is 11.1. The Kier molecular flexibility index (Phi) is 2.25. The Morgan fingerprint density at radius 1 is 0.947 bits per heavy atom. The van der Waals surface area contributed by atoms with Crippen molar-refractivity contribution in [3.63, 3.8) is 0 Å². The van der Waals surface area contributed by atoms with Gasteiger partial charge in [-0.2, -0.15) is 0 Å². The number of rotatable bonds is 1. The molecule has 0 aromatic heterocycles. The highest BCUT2D eigenvalue weighted by Gasteiger charge is 2.23. The summed E-state index contributed by atoms with van der Waals surface area (Å²) in [6.45, 7) is 2.23. The molecule has 4 rings (SSSR count). The molecule has 0 saturated heterocycles. The first-order valence-electron chi connectivity index (χ1n) is 6.91. The van der Waals surface area contributed by atoms with Crippen molar-refractivity contribution < 1.29 is 0 Å². The van der Waals surface area contributed by atoms with Crippen molar-refractivity contribution in [3.05, 3.63) is 76.9 Å². The number of aryl methyl sites for hydroxylation is 1. The van der Waals surface area contributed by atoms with Crippen LogP contribution in [0.3, 0.4) is 0 Å². The Morgan fingerprint density at radius 2 is 1.84 bits per heavy atom. The Labute approximate surface area is 114 Å². The lowest BCUT2D eigenvalue weighted by Crippen LogP contribution is -1.93. The molecule has 2 aliphatic carbocycles. The van der Waals surface area contributed by atoms with Gasteiger partial charge in [-0.3, -0.25) is 0 Å².